The fourth-order valence-corrected chi connectivity index (χ4v) is 3.46. The fourth-order valence-electron chi connectivity index (χ4n) is 3.46. The number of anilines is 1. The number of rotatable bonds is 6. The van der Waals surface area contributed by atoms with Crippen LogP contribution in [0.2, 0.25) is 0 Å². The molecule has 0 aromatic heterocycles. The van der Waals surface area contributed by atoms with Crippen LogP contribution in [0.4, 0.5) is 5.69 Å². The number of β-lactam (4-membered cyclic amide) rings is 1. The molecular formula is C20H23NO6. The van der Waals surface area contributed by atoms with Crippen LogP contribution in [0.15, 0.2) is 30.3 Å². The van der Waals surface area contributed by atoms with Crippen molar-refractivity contribution < 1.29 is 28.8 Å². The number of nitrogens with zero attached hydrogens (tertiary/aromatic N) is 1. The number of hydrogen-bond acceptors (Lipinski definition) is 6. The molecule has 1 amide bonds. The summed E-state index contributed by atoms with van der Waals surface area (Å²) < 4.78 is 21.2. The van der Waals surface area contributed by atoms with E-state index in [0.29, 0.717) is 28.7 Å². The Morgan fingerprint density at radius 1 is 0.889 bits per heavy atom. The first-order valence-corrected chi connectivity index (χ1v) is 8.46. The molecular weight excluding hydrogens is 350 g/mol. The standard InChI is InChI=1S/C20H23NO6/c1-11-18(12-6-7-15(24-2)14(22)8-12)21(20(11)23)13-9-16(25-3)19(27-5)17(10-13)26-4/h6-11,18,22H,1-5H3/t11?,18-/m1/s1. The van der Waals surface area contributed by atoms with Crippen molar-refractivity contribution in [1.82, 2.24) is 0 Å². The van der Waals surface area contributed by atoms with Crippen molar-refractivity contribution in [1.29, 1.82) is 0 Å². The van der Waals surface area contributed by atoms with E-state index in [1.807, 2.05) is 13.0 Å². The highest BCUT2D eigenvalue weighted by Gasteiger charge is 2.46. The molecule has 1 fully saturated rings. The minimum absolute atomic E-state index is 0.0235. The van der Waals surface area contributed by atoms with Crippen LogP contribution < -0.4 is 23.8 Å². The molecule has 0 bridgehead atoms. The first kappa shape index (κ1) is 18.7. The lowest BCUT2D eigenvalue weighted by Crippen LogP contribution is -2.54. The maximum Gasteiger partial charge on any atom is 0.232 e. The average Bonchev–Trinajstić information content (AvgIpc) is 2.69. The third kappa shape index (κ3) is 2.99. The maximum absolute atomic E-state index is 12.6. The van der Waals surface area contributed by atoms with Gasteiger partial charge in [-0.15, -0.1) is 0 Å². The SMILES string of the molecule is COc1ccc([C@H]2C(C)C(=O)N2c2cc(OC)c(OC)c(OC)c2)cc1O. The van der Waals surface area contributed by atoms with E-state index in [2.05, 4.69) is 0 Å². The Hall–Kier alpha value is -3.09. The van der Waals surface area contributed by atoms with Crippen LogP contribution in [-0.2, 0) is 4.79 Å². The zero-order valence-corrected chi connectivity index (χ0v) is 16.0. The van der Waals surface area contributed by atoms with E-state index in [0.717, 1.165) is 5.56 Å². The molecule has 144 valence electrons. The van der Waals surface area contributed by atoms with Gasteiger partial charge >= 0.3 is 0 Å². The summed E-state index contributed by atoms with van der Waals surface area (Å²) in [5.41, 5.74) is 1.45. The molecule has 1 saturated heterocycles. The number of carbonyl (C=O) groups is 1. The van der Waals surface area contributed by atoms with Gasteiger partial charge in [0, 0.05) is 12.1 Å². The summed E-state index contributed by atoms with van der Waals surface area (Å²) in [7, 11) is 6.08. The van der Waals surface area contributed by atoms with Crippen molar-refractivity contribution >= 4 is 11.6 Å². The zero-order chi connectivity index (χ0) is 19.7. The van der Waals surface area contributed by atoms with Crippen molar-refractivity contribution in [3.63, 3.8) is 0 Å². The molecule has 3 rings (SSSR count). The molecule has 1 unspecified atom stereocenters. The molecule has 7 nitrogen and oxygen atoms in total. The number of ether oxygens (including phenoxy) is 4. The Morgan fingerprint density at radius 3 is 1.96 bits per heavy atom. The third-order valence-corrected chi connectivity index (χ3v) is 4.85. The Labute approximate surface area is 158 Å². The van der Waals surface area contributed by atoms with Gasteiger partial charge in [-0.1, -0.05) is 13.0 Å². The highest BCUT2D eigenvalue weighted by atomic mass is 16.5. The predicted molar refractivity (Wildman–Crippen MR) is 100 cm³/mol. The van der Waals surface area contributed by atoms with Gasteiger partial charge in [-0.3, -0.25) is 4.79 Å². The Morgan fingerprint density at radius 2 is 1.48 bits per heavy atom. The molecule has 0 spiro atoms. The first-order chi connectivity index (χ1) is 13.0. The molecule has 2 aromatic rings. The molecule has 0 aliphatic carbocycles. The van der Waals surface area contributed by atoms with Gasteiger partial charge in [0.15, 0.2) is 23.0 Å². The lowest BCUT2D eigenvalue weighted by Gasteiger charge is -2.46. The largest absolute Gasteiger partial charge is 0.504 e. The summed E-state index contributed by atoms with van der Waals surface area (Å²) in [6.45, 7) is 1.86. The third-order valence-electron chi connectivity index (χ3n) is 4.85. The van der Waals surface area contributed by atoms with Gasteiger partial charge in [-0.2, -0.15) is 0 Å². The summed E-state index contributed by atoms with van der Waals surface area (Å²) in [4.78, 5) is 14.3. The van der Waals surface area contributed by atoms with Gasteiger partial charge in [0.2, 0.25) is 11.7 Å². The van der Waals surface area contributed by atoms with Gasteiger partial charge in [0.25, 0.3) is 0 Å². The summed E-state index contributed by atoms with van der Waals surface area (Å²) in [5.74, 6) is 1.57. The number of hydrogen-bond donors (Lipinski definition) is 1. The van der Waals surface area contributed by atoms with Crippen LogP contribution in [0.1, 0.15) is 18.5 Å². The van der Waals surface area contributed by atoms with E-state index in [1.165, 1.54) is 28.4 Å². The van der Waals surface area contributed by atoms with Crippen LogP contribution >= 0.6 is 0 Å². The van der Waals surface area contributed by atoms with Gasteiger partial charge in [0.05, 0.1) is 46.1 Å². The van der Waals surface area contributed by atoms with Crippen molar-refractivity contribution in [2.45, 2.75) is 13.0 Å². The van der Waals surface area contributed by atoms with E-state index in [9.17, 15) is 9.90 Å². The molecule has 7 heteroatoms. The van der Waals surface area contributed by atoms with E-state index < -0.39 is 0 Å². The predicted octanol–water partition coefficient (Wildman–Crippen LogP) is 3.15. The molecule has 2 atom stereocenters. The number of phenols is 1. The Bertz CT molecular complexity index is 841. The minimum Gasteiger partial charge on any atom is -0.504 e. The van der Waals surface area contributed by atoms with Gasteiger partial charge < -0.3 is 29.0 Å². The lowest BCUT2D eigenvalue weighted by atomic mass is 9.83. The highest BCUT2D eigenvalue weighted by Crippen LogP contribution is 2.49. The van der Waals surface area contributed by atoms with E-state index in [-0.39, 0.29) is 23.6 Å². The fraction of sp³-hybridized carbons (Fsp3) is 0.350. The summed E-state index contributed by atoms with van der Waals surface area (Å²) in [5, 5.41) is 10.1. The molecule has 1 aliphatic rings. The van der Waals surface area contributed by atoms with E-state index >= 15 is 0 Å². The van der Waals surface area contributed by atoms with Gasteiger partial charge in [0.1, 0.15) is 0 Å². The smallest absolute Gasteiger partial charge is 0.232 e. The zero-order valence-electron chi connectivity index (χ0n) is 16.0. The number of phenolic OH excluding ortho intramolecular Hbond substituents is 1. The Balaban J connectivity index is 2.05. The minimum atomic E-state index is -0.225. The summed E-state index contributed by atoms with van der Waals surface area (Å²) in [6, 6.07) is 8.41. The molecule has 0 saturated carbocycles. The van der Waals surface area contributed by atoms with Crippen molar-refractivity contribution in [3.05, 3.63) is 35.9 Å². The number of methoxy groups -OCH3 is 4. The molecule has 0 radical (unpaired) electrons. The second-order valence-electron chi connectivity index (χ2n) is 6.26. The number of carbonyl (C=O) groups excluding carboxylic acids is 1. The van der Waals surface area contributed by atoms with E-state index in [1.54, 1.807) is 29.2 Å². The Kier molecular flexibility index (Phi) is 5.03. The average molecular weight is 373 g/mol. The van der Waals surface area contributed by atoms with Gasteiger partial charge in [-0.05, 0) is 17.7 Å². The van der Waals surface area contributed by atoms with Crippen LogP contribution in [0.25, 0.3) is 0 Å². The van der Waals surface area contributed by atoms with Crippen molar-refractivity contribution in [2.24, 2.45) is 5.92 Å². The molecule has 1 aliphatic heterocycles. The second-order valence-corrected chi connectivity index (χ2v) is 6.26. The summed E-state index contributed by atoms with van der Waals surface area (Å²) >= 11 is 0. The quantitative estimate of drug-likeness (QED) is 0.784. The number of amides is 1. The van der Waals surface area contributed by atoms with Crippen LogP contribution in [0.5, 0.6) is 28.7 Å². The lowest BCUT2D eigenvalue weighted by molar-refractivity contribution is -0.129. The first-order valence-electron chi connectivity index (χ1n) is 8.46. The molecule has 1 heterocycles. The van der Waals surface area contributed by atoms with Crippen LogP contribution in [0, 0.1) is 5.92 Å². The summed E-state index contributed by atoms with van der Waals surface area (Å²) in [6.07, 6.45) is 0. The second kappa shape index (κ2) is 7.26. The normalized spacial score (nSPS) is 18.7. The maximum atomic E-state index is 12.6. The number of aromatic hydroxyl groups is 1. The van der Waals surface area contributed by atoms with Crippen molar-refractivity contribution in [3.8, 4) is 28.7 Å². The molecule has 1 N–H and O–H groups in total. The van der Waals surface area contributed by atoms with E-state index in [4.69, 9.17) is 18.9 Å². The monoisotopic (exact) mass is 373 g/mol. The molecule has 2 aromatic carbocycles. The van der Waals surface area contributed by atoms with Gasteiger partial charge in [-0.25, -0.2) is 0 Å². The van der Waals surface area contributed by atoms with Crippen LogP contribution in [-0.4, -0.2) is 39.5 Å². The number of benzene rings is 2. The van der Waals surface area contributed by atoms with Crippen molar-refractivity contribution in [2.75, 3.05) is 33.3 Å². The molecule has 27 heavy (non-hydrogen) atoms. The highest BCUT2D eigenvalue weighted by molar-refractivity contribution is 6.03. The van der Waals surface area contributed by atoms with Crippen LogP contribution in [0.3, 0.4) is 0 Å². The topological polar surface area (TPSA) is 77.5 Å².